The van der Waals surface area contributed by atoms with E-state index in [2.05, 4.69) is 29.0 Å². The molecule has 0 aliphatic heterocycles. The predicted molar refractivity (Wildman–Crippen MR) is 99.8 cm³/mol. The van der Waals surface area contributed by atoms with Crippen LogP contribution in [-0.2, 0) is 16.0 Å². The van der Waals surface area contributed by atoms with Crippen molar-refractivity contribution in [2.45, 2.75) is 19.9 Å². The monoisotopic (exact) mass is 337 g/mol. The molecule has 25 heavy (non-hydrogen) atoms. The number of hydrogen-bond donors (Lipinski definition) is 0. The van der Waals surface area contributed by atoms with Gasteiger partial charge in [-0.3, -0.25) is 4.79 Å². The van der Waals surface area contributed by atoms with Crippen LogP contribution in [0.2, 0.25) is 0 Å². The molecule has 2 aromatic carbocycles. The van der Waals surface area contributed by atoms with Gasteiger partial charge in [-0.15, -0.1) is 0 Å². The van der Waals surface area contributed by atoms with Gasteiger partial charge in [-0.1, -0.05) is 43.3 Å². The van der Waals surface area contributed by atoms with Gasteiger partial charge in [-0.2, -0.15) is 0 Å². The van der Waals surface area contributed by atoms with E-state index >= 15 is 0 Å². The summed E-state index contributed by atoms with van der Waals surface area (Å²) >= 11 is 0. The molecule has 0 N–H and O–H groups in total. The lowest BCUT2D eigenvalue weighted by Crippen LogP contribution is -2.06. The Balaban J connectivity index is 1.98. The van der Waals surface area contributed by atoms with Crippen LogP contribution in [0.25, 0.3) is 22.0 Å². The van der Waals surface area contributed by atoms with Crippen LogP contribution in [0.3, 0.4) is 0 Å². The lowest BCUT2D eigenvalue weighted by Gasteiger charge is -2.05. The molecule has 0 bridgehead atoms. The summed E-state index contributed by atoms with van der Waals surface area (Å²) in [6.45, 7) is 3.52. The van der Waals surface area contributed by atoms with E-state index in [9.17, 15) is 4.79 Å². The average molecular weight is 337 g/mol. The first-order valence-electron chi connectivity index (χ1n) is 8.52. The second kappa shape index (κ2) is 8.10. The first kappa shape index (κ1) is 17.4. The third-order valence-electron chi connectivity index (χ3n) is 4.28. The van der Waals surface area contributed by atoms with Crippen molar-refractivity contribution in [3.05, 3.63) is 60.3 Å². The number of fused-ring (bicyclic) bond motifs is 1. The Morgan fingerprint density at radius 1 is 1.12 bits per heavy atom. The summed E-state index contributed by atoms with van der Waals surface area (Å²) in [5.74, 6) is 0.165. The zero-order valence-electron chi connectivity index (χ0n) is 14.7. The predicted octanol–water partition coefficient (Wildman–Crippen LogP) is 4.52. The highest BCUT2D eigenvalue weighted by atomic mass is 16.7. The summed E-state index contributed by atoms with van der Waals surface area (Å²) in [7, 11) is 1.62. The summed E-state index contributed by atoms with van der Waals surface area (Å²) in [4.78, 5) is 12.0. The van der Waals surface area contributed by atoms with Crippen molar-refractivity contribution in [1.82, 2.24) is 4.57 Å². The van der Waals surface area contributed by atoms with E-state index in [0.29, 0.717) is 19.8 Å². The summed E-state index contributed by atoms with van der Waals surface area (Å²) in [5.41, 5.74) is 4.12. The second-order valence-electron chi connectivity index (χ2n) is 5.93. The Bertz CT molecular complexity index is 866. The van der Waals surface area contributed by atoms with Gasteiger partial charge in [-0.25, -0.2) is 0 Å². The van der Waals surface area contributed by atoms with E-state index in [1.165, 1.54) is 5.39 Å². The molecule has 0 saturated heterocycles. The molecule has 1 heterocycles. The molecule has 0 radical (unpaired) electrons. The summed E-state index contributed by atoms with van der Waals surface area (Å²) < 4.78 is 12.5. The van der Waals surface area contributed by atoms with Gasteiger partial charge in [0.25, 0.3) is 0 Å². The number of carbonyl (C=O) groups is 1. The molecule has 130 valence electrons. The zero-order chi connectivity index (χ0) is 17.6. The third-order valence-corrected chi connectivity index (χ3v) is 4.28. The number of hydrogen-bond acceptors (Lipinski definition) is 3. The molecule has 0 atom stereocenters. The Hall–Kier alpha value is -2.43. The number of benzene rings is 2. The van der Waals surface area contributed by atoms with Crippen molar-refractivity contribution >= 4 is 16.7 Å². The van der Waals surface area contributed by atoms with Gasteiger partial charge in [0.2, 0.25) is 0 Å². The third kappa shape index (κ3) is 3.81. The maximum absolute atomic E-state index is 12.0. The molecule has 3 rings (SSSR count). The van der Waals surface area contributed by atoms with E-state index < -0.39 is 0 Å². The fraction of sp³-hybridized carbons (Fsp3) is 0.286. The van der Waals surface area contributed by atoms with Crippen molar-refractivity contribution in [2.24, 2.45) is 0 Å². The van der Waals surface area contributed by atoms with Crippen molar-refractivity contribution in [1.29, 1.82) is 0 Å². The van der Waals surface area contributed by atoms with Crippen LogP contribution in [0.5, 0.6) is 0 Å². The zero-order valence-corrected chi connectivity index (χ0v) is 14.7. The van der Waals surface area contributed by atoms with Crippen LogP contribution in [-0.4, -0.2) is 30.9 Å². The average Bonchev–Trinajstić information content (AvgIpc) is 3.03. The van der Waals surface area contributed by atoms with Crippen molar-refractivity contribution < 1.29 is 14.3 Å². The van der Waals surface area contributed by atoms with Crippen LogP contribution in [0.4, 0.5) is 0 Å². The van der Waals surface area contributed by atoms with E-state index in [-0.39, 0.29) is 5.78 Å². The van der Waals surface area contributed by atoms with Crippen molar-refractivity contribution in [2.75, 3.05) is 20.5 Å². The molecule has 0 fully saturated rings. The largest absolute Gasteiger partial charge is 0.359 e. The first-order valence-corrected chi connectivity index (χ1v) is 8.52. The highest BCUT2D eigenvalue weighted by Crippen LogP contribution is 2.31. The minimum atomic E-state index is 0.165. The topological polar surface area (TPSA) is 40.5 Å². The SMILES string of the molecule is CCC(=O)c1cccc(-c2cn(CCOCOC)c3ccccc23)c1. The summed E-state index contributed by atoms with van der Waals surface area (Å²) in [6.07, 6.45) is 2.65. The summed E-state index contributed by atoms with van der Waals surface area (Å²) in [5, 5.41) is 1.18. The smallest absolute Gasteiger partial charge is 0.162 e. The lowest BCUT2D eigenvalue weighted by molar-refractivity contribution is -0.0327. The number of nitrogens with zero attached hydrogens (tertiary/aromatic N) is 1. The highest BCUT2D eigenvalue weighted by Gasteiger charge is 2.11. The number of carbonyl (C=O) groups excluding carboxylic acids is 1. The van der Waals surface area contributed by atoms with Gasteiger partial charge in [0.05, 0.1) is 6.61 Å². The number of ether oxygens (including phenoxy) is 2. The van der Waals surface area contributed by atoms with Gasteiger partial charge in [0.1, 0.15) is 6.79 Å². The Kier molecular flexibility index (Phi) is 5.64. The molecule has 0 spiro atoms. The molecular formula is C21H23NO3. The minimum absolute atomic E-state index is 0.165. The fourth-order valence-electron chi connectivity index (χ4n) is 3.03. The first-order chi connectivity index (χ1) is 12.2. The Labute approximate surface area is 148 Å². The molecule has 3 aromatic rings. The lowest BCUT2D eigenvalue weighted by atomic mass is 10.00. The van der Waals surface area contributed by atoms with Crippen LogP contribution >= 0.6 is 0 Å². The van der Waals surface area contributed by atoms with Crippen LogP contribution < -0.4 is 0 Å². The highest BCUT2D eigenvalue weighted by molar-refractivity contribution is 6.00. The second-order valence-corrected chi connectivity index (χ2v) is 5.93. The Morgan fingerprint density at radius 2 is 1.96 bits per heavy atom. The van der Waals surface area contributed by atoms with Gasteiger partial charge < -0.3 is 14.0 Å². The van der Waals surface area contributed by atoms with E-state index in [4.69, 9.17) is 9.47 Å². The normalized spacial score (nSPS) is 11.1. The molecule has 0 unspecified atom stereocenters. The van der Waals surface area contributed by atoms with Gasteiger partial charge in [0, 0.05) is 48.3 Å². The number of ketones is 1. The Morgan fingerprint density at radius 3 is 2.76 bits per heavy atom. The van der Waals surface area contributed by atoms with E-state index in [1.807, 2.05) is 37.3 Å². The number of methoxy groups -OCH3 is 1. The maximum atomic E-state index is 12.0. The number of Topliss-reactive ketones (excluding diaryl/α,β-unsaturated/α-hetero) is 1. The number of aromatic nitrogens is 1. The molecular weight excluding hydrogens is 314 g/mol. The van der Waals surface area contributed by atoms with Crippen LogP contribution in [0, 0.1) is 0 Å². The fourth-order valence-corrected chi connectivity index (χ4v) is 3.03. The number of para-hydroxylation sites is 1. The standard InChI is InChI=1S/C21H23NO3/c1-3-21(23)17-8-6-7-16(13-17)19-14-22(11-12-25-15-24-2)20-10-5-4-9-18(19)20/h4-10,13-14H,3,11-12,15H2,1-2H3. The van der Waals surface area contributed by atoms with Gasteiger partial charge in [-0.05, 0) is 17.7 Å². The van der Waals surface area contributed by atoms with Gasteiger partial charge in [0.15, 0.2) is 5.78 Å². The quantitative estimate of drug-likeness (QED) is 0.345. The molecule has 1 aromatic heterocycles. The summed E-state index contributed by atoms with van der Waals surface area (Å²) in [6, 6.07) is 16.2. The molecule has 4 heteroatoms. The molecule has 0 saturated carbocycles. The van der Waals surface area contributed by atoms with Crippen molar-refractivity contribution in [3.8, 4) is 11.1 Å². The maximum Gasteiger partial charge on any atom is 0.162 e. The van der Waals surface area contributed by atoms with E-state index in [0.717, 1.165) is 28.8 Å². The van der Waals surface area contributed by atoms with Crippen molar-refractivity contribution in [3.63, 3.8) is 0 Å². The number of rotatable bonds is 8. The van der Waals surface area contributed by atoms with E-state index in [1.54, 1.807) is 7.11 Å². The molecule has 0 aliphatic rings. The van der Waals surface area contributed by atoms with Crippen LogP contribution in [0.1, 0.15) is 23.7 Å². The minimum Gasteiger partial charge on any atom is -0.359 e. The molecule has 0 amide bonds. The van der Waals surface area contributed by atoms with Crippen LogP contribution in [0.15, 0.2) is 54.7 Å². The molecule has 0 aliphatic carbocycles. The van der Waals surface area contributed by atoms with Gasteiger partial charge >= 0.3 is 0 Å². The molecule has 4 nitrogen and oxygen atoms in total.